The lowest BCUT2D eigenvalue weighted by Crippen LogP contribution is -2.23. The molecule has 0 fully saturated rings. The number of hydrogen-bond acceptors (Lipinski definition) is 3. The van der Waals surface area contributed by atoms with E-state index in [1.165, 1.54) is 17.0 Å². The van der Waals surface area contributed by atoms with Gasteiger partial charge in [0.25, 0.3) is 5.56 Å². The quantitative estimate of drug-likeness (QED) is 0.574. The van der Waals surface area contributed by atoms with Gasteiger partial charge in [0.1, 0.15) is 5.82 Å². The maximum Gasteiger partial charge on any atom is 0.327 e. The van der Waals surface area contributed by atoms with Crippen LogP contribution in [0, 0.1) is 0 Å². The van der Waals surface area contributed by atoms with Gasteiger partial charge in [-0.15, -0.1) is 0 Å². The van der Waals surface area contributed by atoms with E-state index in [-0.39, 0.29) is 0 Å². The first-order chi connectivity index (χ1) is 9.72. The number of benzene rings is 1. The molecule has 3 aromatic rings. The minimum atomic E-state index is -0.507. The molecule has 2 aromatic heterocycles. The Morgan fingerprint density at radius 1 is 1.10 bits per heavy atom. The van der Waals surface area contributed by atoms with E-state index in [0.29, 0.717) is 12.4 Å². The van der Waals surface area contributed by atoms with E-state index >= 15 is 0 Å². The van der Waals surface area contributed by atoms with E-state index in [2.05, 4.69) is 26.3 Å². The first-order valence-electron chi connectivity index (χ1n) is 6.35. The Morgan fingerprint density at radius 3 is 2.80 bits per heavy atom. The second-order valence-electron chi connectivity index (χ2n) is 4.54. The van der Waals surface area contributed by atoms with E-state index in [4.69, 9.17) is 0 Å². The molecule has 6 heteroatoms. The Morgan fingerprint density at radius 2 is 1.95 bits per heavy atom. The standard InChI is InChI=1S/C14H14N4O2/c19-13-7-12(17-14(20)18-13)15-6-5-9-8-16-11-4-2-1-3-10(9)11/h1-4,7-8,16H,5-6H2,(H3,15,17,18,19,20). The highest BCUT2D eigenvalue weighted by Gasteiger charge is 2.02. The van der Waals surface area contributed by atoms with Gasteiger partial charge in [-0.3, -0.25) is 14.8 Å². The highest BCUT2D eigenvalue weighted by molar-refractivity contribution is 5.83. The summed E-state index contributed by atoms with van der Waals surface area (Å²) in [6.07, 6.45) is 2.77. The van der Waals surface area contributed by atoms with Crippen molar-refractivity contribution in [1.82, 2.24) is 15.0 Å². The van der Waals surface area contributed by atoms with Gasteiger partial charge in [-0.1, -0.05) is 18.2 Å². The van der Waals surface area contributed by atoms with Crippen molar-refractivity contribution in [2.75, 3.05) is 11.9 Å². The predicted octanol–water partition coefficient (Wildman–Crippen LogP) is 1.20. The Labute approximate surface area is 113 Å². The van der Waals surface area contributed by atoms with Gasteiger partial charge in [-0.25, -0.2) is 4.79 Å². The summed E-state index contributed by atoms with van der Waals surface area (Å²) in [5.74, 6) is 0.429. The minimum absolute atomic E-state index is 0.414. The van der Waals surface area contributed by atoms with Crippen LogP contribution in [0.15, 0.2) is 46.1 Å². The Bertz CT molecular complexity index is 815. The lowest BCUT2D eigenvalue weighted by atomic mass is 10.1. The van der Waals surface area contributed by atoms with Gasteiger partial charge >= 0.3 is 5.69 Å². The molecule has 0 atom stereocenters. The predicted molar refractivity (Wildman–Crippen MR) is 78.2 cm³/mol. The first-order valence-corrected chi connectivity index (χ1v) is 6.35. The zero-order chi connectivity index (χ0) is 13.9. The number of aromatic amines is 3. The van der Waals surface area contributed by atoms with Crippen LogP contribution in [-0.4, -0.2) is 21.5 Å². The van der Waals surface area contributed by atoms with Gasteiger partial charge in [-0.05, 0) is 18.1 Å². The molecule has 3 rings (SSSR count). The SMILES string of the molecule is O=c1cc(NCCc2c[nH]c3ccccc23)[nH]c(=O)[nH]1. The molecule has 4 N–H and O–H groups in total. The number of anilines is 1. The van der Waals surface area contributed by atoms with E-state index in [9.17, 15) is 9.59 Å². The molecular weight excluding hydrogens is 256 g/mol. The van der Waals surface area contributed by atoms with E-state index in [1.807, 2.05) is 24.4 Å². The average molecular weight is 270 g/mol. The molecule has 1 aromatic carbocycles. The molecule has 0 amide bonds. The molecule has 0 radical (unpaired) electrons. The molecular formula is C14H14N4O2. The fourth-order valence-corrected chi connectivity index (χ4v) is 2.23. The van der Waals surface area contributed by atoms with Gasteiger partial charge in [0, 0.05) is 29.7 Å². The highest BCUT2D eigenvalue weighted by Crippen LogP contribution is 2.17. The maximum absolute atomic E-state index is 11.2. The lowest BCUT2D eigenvalue weighted by molar-refractivity contribution is 0.978. The second kappa shape index (κ2) is 5.08. The zero-order valence-corrected chi connectivity index (χ0v) is 10.7. The van der Waals surface area contributed by atoms with Crippen molar-refractivity contribution >= 4 is 16.7 Å². The van der Waals surface area contributed by atoms with Gasteiger partial charge in [0.05, 0.1) is 0 Å². The summed E-state index contributed by atoms with van der Waals surface area (Å²) in [7, 11) is 0. The van der Waals surface area contributed by atoms with E-state index in [1.54, 1.807) is 0 Å². The zero-order valence-electron chi connectivity index (χ0n) is 10.7. The molecule has 0 bridgehead atoms. The van der Waals surface area contributed by atoms with Crippen molar-refractivity contribution in [1.29, 1.82) is 0 Å². The van der Waals surface area contributed by atoms with Gasteiger partial charge in [-0.2, -0.15) is 0 Å². The molecule has 0 aliphatic rings. The minimum Gasteiger partial charge on any atom is -0.371 e. The largest absolute Gasteiger partial charge is 0.371 e. The van der Waals surface area contributed by atoms with Crippen molar-refractivity contribution in [2.24, 2.45) is 0 Å². The first kappa shape index (κ1) is 12.3. The Kier molecular flexibility index (Phi) is 3.12. The van der Waals surface area contributed by atoms with Crippen LogP contribution in [0.25, 0.3) is 10.9 Å². The summed E-state index contributed by atoms with van der Waals surface area (Å²) in [5, 5.41) is 4.23. The maximum atomic E-state index is 11.2. The summed E-state index contributed by atoms with van der Waals surface area (Å²) in [6, 6.07) is 9.41. The average Bonchev–Trinajstić information content (AvgIpc) is 2.81. The van der Waals surface area contributed by atoms with Crippen molar-refractivity contribution in [3.63, 3.8) is 0 Å². The summed E-state index contributed by atoms with van der Waals surface area (Å²) in [4.78, 5) is 30.2. The third kappa shape index (κ3) is 2.49. The van der Waals surface area contributed by atoms with Crippen LogP contribution in [0.3, 0.4) is 0 Å². The van der Waals surface area contributed by atoms with Crippen molar-refractivity contribution in [3.05, 3.63) is 62.9 Å². The van der Waals surface area contributed by atoms with Crippen LogP contribution in [0.5, 0.6) is 0 Å². The van der Waals surface area contributed by atoms with Gasteiger partial charge in [0.2, 0.25) is 0 Å². The lowest BCUT2D eigenvalue weighted by Gasteiger charge is -2.04. The van der Waals surface area contributed by atoms with Crippen LogP contribution in [0.4, 0.5) is 5.82 Å². The van der Waals surface area contributed by atoms with Crippen LogP contribution in [0.2, 0.25) is 0 Å². The second-order valence-corrected chi connectivity index (χ2v) is 4.54. The summed E-state index contributed by atoms with van der Waals surface area (Å²) in [5.41, 5.74) is 1.38. The Balaban J connectivity index is 1.71. The molecule has 20 heavy (non-hydrogen) atoms. The number of fused-ring (bicyclic) bond motifs is 1. The highest BCUT2D eigenvalue weighted by atomic mass is 16.2. The Hall–Kier alpha value is -2.76. The van der Waals surface area contributed by atoms with Crippen molar-refractivity contribution < 1.29 is 0 Å². The number of para-hydroxylation sites is 1. The molecule has 102 valence electrons. The third-order valence-corrected chi connectivity index (χ3v) is 3.15. The number of nitrogens with one attached hydrogen (secondary N) is 4. The van der Waals surface area contributed by atoms with E-state index < -0.39 is 11.2 Å². The third-order valence-electron chi connectivity index (χ3n) is 3.15. The fraction of sp³-hybridized carbons (Fsp3) is 0.143. The number of rotatable bonds is 4. The fourth-order valence-electron chi connectivity index (χ4n) is 2.23. The van der Waals surface area contributed by atoms with Crippen LogP contribution in [-0.2, 0) is 6.42 Å². The summed E-state index contributed by atoms with van der Waals surface area (Å²) in [6.45, 7) is 0.626. The van der Waals surface area contributed by atoms with Gasteiger partial charge in [0.15, 0.2) is 0 Å². The summed E-state index contributed by atoms with van der Waals surface area (Å²) >= 11 is 0. The monoisotopic (exact) mass is 270 g/mol. The van der Waals surface area contributed by atoms with Gasteiger partial charge < -0.3 is 10.3 Å². The van der Waals surface area contributed by atoms with Crippen molar-refractivity contribution in [3.8, 4) is 0 Å². The topological polar surface area (TPSA) is 93.5 Å². The number of aromatic nitrogens is 3. The number of hydrogen-bond donors (Lipinski definition) is 4. The van der Waals surface area contributed by atoms with Crippen LogP contribution in [0.1, 0.15) is 5.56 Å². The van der Waals surface area contributed by atoms with Crippen LogP contribution < -0.4 is 16.6 Å². The van der Waals surface area contributed by atoms with Crippen molar-refractivity contribution in [2.45, 2.75) is 6.42 Å². The van der Waals surface area contributed by atoms with E-state index in [0.717, 1.165) is 11.9 Å². The molecule has 0 spiro atoms. The molecule has 0 aliphatic carbocycles. The molecule has 0 saturated heterocycles. The normalized spacial score (nSPS) is 10.8. The molecule has 0 aliphatic heterocycles. The smallest absolute Gasteiger partial charge is 0.327 e. The molecule has 0 unspecified atom stereocenters. The molecule has 2 heterocycles. The number of H-pyrrole nitrogens is 3. The molecule has 0 saturated carbocycles. The molecule has 6 nitrogen and oxygen atoms in total. The summed E-state index contributed by atoms with van der Waals surface area (Å²) < 4.78 is 0. The van der Waals surface area contributed by atoms with Crippen LogP contribution >= 0.6 is 0 Å².